The Balaban J connectivity index is 1.60. The fourth-order valence-corrected chi connectivity index (χ4v) is 3.80. The Labute approximate surface area is 155 Å². The number of aromatic nitrogens is 1. The van der Waals surface area contributed by atoms with Crippen molar-refractivity contribution in [3.63, 3.8) is 0 Å². The standard InChI is InChI=1S/C21H31N3O2/c1-15-10-17-11-16(6-7-18(17)23-15)12-22-13-21(26)8-5-9-24(19(21)25)14-20(2,3)4/h6-7,10-11,22-23,26H,5,8-9,12-14H2,1-4H3/t21-/m1/s1. The van der Waals surface area contributed by atoms with E-state index >= 15 is 0 Å². The van der Waals surface area contributed by atoms with Crippen LogP contribution in [0.3, 0.4) is 0 Å². The van der Waals surface area contributed by atoms with Crippen LogP contribution in [-0.4, -0.2) is 46.1 Å². The zero-order valence-electron chi connectivity index (χ0n) is 16.4. The molecule has 0 radical (unpaired) electrons. The van der Waals surface area contributed by atoms with E-state index in [1.807, 2.05) is 11.8 Å². The molecule has 0 aliphatic carbocycles. The number of carbonyl (C=O) groups is 1. The van der Waals surface area contributed by atoms with Gasteiger partial charge in [-0.2, -0.15) is 0 Å². The number of aryl methyl sites for hydroxylation is 1. The van der Waals surface area contributed by atoms with Gasteiger partial charge in [-0.05, 0) is 54.3 Å². The van der Waals surface area contributed by atoms with E-state index in [0.717, 1.165) is 29.7 Å². The average molecular weight is 357 g/mol. The Hall–Kier alpha value is -1.85. The first-order chi connectivity index (χ1) is 12.2. The van der Waals surface area contributed by atoms with Crippen molar-refractivity contribution in [2.24, 2.45) is 5.41 Å². The van der Waals surface area contributed by atoms with Gasteiger partial charge in [-0.25, -0.2) is 0 Å². The molecule has 1 aliphatic heterocycles. The van der Waals surface area contributed by atoms with Crippen LogP contribution in [0.15, 0.2) is 24.3 Å². The smallest absolute Gasteiger partial charge is 0.255 e. The normalized spacial score (nSPS) is 21.6. The summed E-state index contributed by atoms with van der Waals surface area (Å²) in [6.07, 6.45) is 1.37. The second-order valence-corrected chi connectivity index (χ2v) is 8.90. The molecule has 1 aromatic carbocycles. The van der Waals surface area contributed by atoms with E-state index in [4.69, 9.17) is 0 Å². The minimum absolute atomic E-state index is 0.0332. The Morgan fingerprint density at radius 3 is 2.81 bits per heavy atom. The molecule has 2 heterocycles. The quantitative estimate of drug-likeness (QED) is 0.771. The summed E-state index contributed by atoms with van der Waals surface area (Å²) in [7, 11) is 0. The second-order valence-electron chi connectivity index (χ2n) is 8.90. The van der Waals surface area contributed by atoms with E-state index in [9.17, 15) is 9.90 Å². The number of likely N-dealkylation sites (tertiary alicyclic amines) is 1. The Bertz CT molecular complexity index is 790. The predicted molar refractivity (Wildman–Crippen MR) is 105 cm³/mol. The van der Waals surface area contributed by atoms with E-state index in [0.29, 0.717) is 19.5 Å². The number of fused-ring (bicyclic) bond motifs is 1. The highest BCUT2D eigenvalue weighted by atomic mass is 16.3. The predicted octanol–water partition coefficient (Wildman–Crippen LogP) is 2.97. The van der Waals surface area contributed by atoms with Crippen molar-refractivity contribution in [1.82, 2.24) is 15.2 Å². The number of hydrogen-bond acceptors (Lipinski definition) is 3. The molecule has 0 saturated carbocycles. The monoisotopic (exact) mass is 357 g/mol. The Kier molecular flexibility index (Phi) is 5.13. The molecule has 5 nitrogen and oxygen atoms in total. The van der Waals surface area contributed by atoms with Gasteiger partial charge in [0.05, 0.1) is 0 Å². The van der Waals surface area contributed by atoms with Crippen LogP contribution in [0, 0.1) is 12.3 Å². The van der Waals surface area contributed by atoms with E-state index in [2.05, 4.69) is 55.3 Å². The summed E-state index contributed by atoms with van der Waals surface area (Å²) in [5, 5.41) is 15.4. The van der Waals surface area contributed by atoms with Crippen molar-refractivity contribution < 1.29 is 9.90 Å². The van der Waals surface area contributed by atoms with Gasteiger partial charge in [-0.3, -0.25) is 4.79 Å². The highest BCUT2D eigenvalue weighted by molar-refractivity contribution is 5.86. The third-order valence-corrected chi connectivity index (χ3v) is 4.94. The first-order valence-electron chi connectivity index (χ1n) is 9.47. The summed E-state index contributed by atoms with van der Waals surface area (Å²) < 4.78 is 0. The van der Waals surface area contributed by atoms with Gasteiger partial charge in [-0.1, -0.05) is 26.8 Å². The molecule has 1 amide bonds. The molecule has 1 aromatic heterocycles. The number of H-pyrrole nitrogens is 1. The molecule has 26 heavy (non-hydrogen) atoms. The molecule has 5 heteroatoms. The molecular formula is C21H31N3O2. The summed E-state index contributed by atoms with van der Waals surface area (Å²) in [4.78, 5) is 17.9. The number of nitrogens with zero attached hydrogens (tertiary/aromatic N) is 1. The van der Waals surface area contributed by atoms with Crippen molar-refractivity contribution in [1.29, 1.82) is 0 Å². The Morgan fingerprint density at radius 2 is 2.08 bits per heavy atom. The van der Waals surface area contributed by atoms with Gasteiger partial charge in [0, 0.05) is 37.4 Å². The topological polar surface area (TPSA) is 68.4 Å². The fraction of sp³-hybridized carbons (Fsp3) is 0.571. The van der Waals surface area contributed by atoms with Gasteiger partial charge in [0.15, 0.2) is 5.60 Å². The van der Waals surface area contributed by atoms with Gasteiger partial charge in [-0.15, -0.1) is 0 Å². The maximum absolute atomic E-state index is 12.8. The zero-order chi connectivity index (χ0) is 18.9. The molecule has 1 fully saturated rings. The lowest BCUT2D eigenvalue weighted by atomic mass is 9.88. The van der Waals surface area contributed by atoms with E-state index < -0.39 is 5.60 Å². The van der Waals surface area contributed by atoms with Crippen molar-refractivity contribution in [2.45, 2.75) is 52.7 Å². The molecule has 1 saturated heterocycles. The van der Waals surface area contributed by atoms with Crippen LogP contribution in [0.4, 0.5) is 0 Å². The summed E-state index contributed by atoms with van der Waals surface area (Å²) in [5.41, 5.74) is 2.16. The molecule has 1 atom stereocenters. The van der Waals surface area contributed by atoms with Gasteiger partial charge in [0.25, 0.3) is 5.91 Å². The molecule has 142 valence electrons. The highest BCUT2D eigenvalue weighted by Crippen LogP contribution is 2.26. The lowest BCUT2D eigenvalue weighted by Crippen LogP contribution is -2.59. The lowest BCUT2D eigenvalue weighted by molar-refractivity contribution is -0.158. The number of hydrogen-bond donors (Lipinski definition) is 3. The lowest BCUT2D eigenvalue weighted by Gasteiger charge is -2.41. The largest absolute Gasteiger partial charge is 0.379 e. The molecule has 3 rings (SSSR count). The Morgan fingerprint density at radius 1 is 1.31 bits per heavy atom. The number of benzene rings is 1. The summed E-state index contributed by atoms with van der Waals surface area (Å²) in [5.74, 6) is -0.136. The van der Waals surface area contributed by atoms with Gasteiger partial charge in [0.2, 0.25) is 0 Å². The third-order valence-electron chi connectivity index (χ3n) is 4.94. The number of carbonyl (C=O) groups excluding carboxylic acids is 1. The van der Waals surface area contributed by atoms with Crippen LogP contribution in [0.5, 0.6) is 0 Å². The van der Waals surface area contributed by atoms with Crippen molar-refractivity contribution in [3.8, 4) is 0 Å². The molecular weight excluding hydrogens is 326 g/mol. The minimum Gasteiger partial charge on any atom is -0.379 e. The number of piperidine rings is 1. The number of rotatable bonds is 5. The van der Waals surface area contributed by atoms with Crippen LogP contribution >= 0.6 is 0 Å². The number of nitrogens with one attached hydrogen (secondary N) is 2. The molecule has 0 bridgehead atoms. The van der Waals surface area contributed by atoms with Gasteiger partial charge in [0.1, 0.15) is 0 Å². The number of amides is 1. The summed E-state index contributed by atoms with van der Waals surface area (Å²) >= 11 is 0. The molecule has 0 unspecified atom stereocenters. The molecule has 3 N–H and O–H groups in total. The maximum atomic E-state index is 12.8. The number of aromatic amines is 1. The molecule has 1 aliphatic rings. The summed E-state index contributed by atoms with van der Waals surface area (Å²) in [6.45, 7) is 10.7. The van der Waals surface area contributed by atoms with E-state index in [1.165, 1.54) is 5.39 Å². The van der Waals surface area contributed by atoms with Crippen molar-refractivity contribution in [2.75, 3.05) is 19.6 Å². The SMILES string of the molecule is Cc1cc2cc(CNC[C@]3(O)CCCN(CC(C)(C)C)C3=O)ccc2[nH]1. The maximum Gasteiger partial charge on any atom is 0.255 e. The van der Waals surface area contributed by atoms with Gasteiger partial charge >= 0.3 is 0 Å². The number of aliphatic hydroxyl groups is 1. The van der Waals surface area contributed by atoms with Crippen LogP contribution in [0.2, 0.25) is 0 Å². The average Bonchev–Trinajstić information content (AvgIpc) is 2.90. The van der Waals surface area contributed by atoms with Crippen LogP contribution in [0.25, 0.3) is 10.9 Å². The second kappa shape index (κ2) is 7.05. The van der Waals surface area contributed by atoms with Crippen LogP contribution in [0.1, 0.15) is 44.9 Å². The van der Waals surface area contributed by atoms with E-state index in [-0.39, 0.29) is 17.9 Å². The third kappa shape index (κ3) is 4.27. The first kappa shape index (κ1) is 18.9. The zero-order valence-corrected chi connectivity index (χ0v) is 16.4. The fourth-order valence-electron chi connectivity index (χ4n) is 3.80. The minimum atomic E-state index is -1.29. The van der Waals surface area contributed by atoms with E-state index in [1.54, 1.807) is 0 Å². The molecule has 2 aromatic rings. The molecule has 0 spiro atoms. The van der Waals surface area contributed by atoms with Crippen LogP contribution < -0.4 is 5.32 Å². The van der Waals surface area contributed by atoms with Crippen LogP contribution in [-0.2, 0) is 11.3 Å². The highest BCUT2D eigenvalue weighted by Gasteiger charge is 2.42. The first-order valence-corrected chi connectivity index (χ1v) is 9.47. The van der Waals surface area contributed by atoms with Gasteiger partial charge < -0.3 is 20.3 Å². The van der Waals surface area contributed by atoms with Crippen molar-refractivity contribution >= 4 is 16.8 Å². The van der Waals surface area contributed by atoms with Crippen molar-refractivity contribution in [3.05, 3.63) is 35.5 Å². The summed E-state index contributed by atoms with van der Waals surface area (Å²) in [6, 6.07) is 8.42.